The minimum absolute atomic E-state index is 0.0343. The third kappa shape index (κ3) is 2.79. The number of ether oxygens (including phenoxy) is 1. The SMILES string of the molecule is COc1ccc(CNc2ccc3c(C(C)=O)c[nH]c3n2)cc1. The number of rotatable bonds is 5. The summed E-state index contributed by atoms with van der Waals surface area (Å²) in [6, 6.07) is 11.7. The number of pyridine rings is 1. The van der Waals surface area contributed by atoms with Gasteiger partial charge in [0.05, 0.1) is 7.11 Å². The lowest BCUT2D eigenvalue weighted by atomic mass is 10.1. The number of fused-ring (bicyclic) bond motifs is 1. The lowest BCUT2D eigenvalue weighted by Gasteiger charge is -2.07. The number of benzene rings is 1. The fourth-order valence-corrected chi connectivity index (χ4v) is 2.33. The van der Waals surface area contributed by atoms with E-state index in [9.17, 15) is 4.79 Å². The topological polar surface area (TPSA) is 67.0 Å². The second-order valence-corrected chi connectivity index (χ2v) is 5.05. The molecule has 0 spiro atoms. The van der Waals surface area contributed by atoms with Gasteiger partial charge in [-0.25, -0.2) is 4.98 Å². The van der Waals surface area contributed by atoms with Crippen molar-refractivity contribution in [3.05, 3.63) is 53.7 Å². The average molecular weight is 295 g/mol. The van der Waals surface area contributed by atoms with Crippen LogP contribution in [0.1, 0.15) is 22.8 Å². The van der Waals surface area contributed by atoms with Crippen molar-refractivity contribution in [2.75, 3.05) is 12.4 Å². The number of hydrogen-bond donors (Lipinski definition) is 2. The molecule has 0 aliphatic heterocycles. The molecule has 22 heavy (non-hydrogen) atoms. The molecular weight excluding hydrogens is 278 g/mol. The van der Waals surface area contributed by atoms with Gasteiger partial charge in [-0.1, -0.05) is 12.1 Å². The van der Waals surface area contributed by atoms with E-state index in [-0.39, 0.29) is 5.78 Å². The first-order valence-corrected chi connectivity index (χ1v) is 7.03. The maximum Gasteiger partial charge on any atom is 0.162 e. The molecule has 2 N–H and O–H groups in total. The van der Waals surface area contributed by atoms with Gasteiger partial charge in [-0.3, -0.25) is 4.79 Å². The molecule has 3 rings (SSSR count). The molecule has 0 unspecified atom stereocenters. The van der Waals surface area contributed by atoms with E-state index in [1.165, 1.54) is 0 Å². The highest BCUT2D eigenvalue weighted by molar-refractivity contribution is 6.06. The monoisotopic (exact) mass is 295 g/mol. The number of H-pyrrole nitrogens is 1. The molecule has 112 valence electrons. The number of anilines is 1. The second kappa shape index (κ2) is 5.89. The average Bonchev–Trinajstić information content (AvgIpc) is 2.96. The van der Waals surface area contributed by atoms with Crippen LogP contribution in [0.25, 0.3) is 11.0 Å². The number of aromatic nitrogens is 2. The summed E-state index contributed by atoms with van der Waals surface area (Å²) in [6.45, 7) is 2.22. The maximum atomic E-state index is 11.5. The summed E-state index contributed by atoms with van der Waals surface area (Å²) in [7, 11) is 1.65. The van der Waals surface area contributed by atoms with Gasteiger partial charge in [0.25, 0.3) is 0 Å². The van der Waals surface area contributed by atoms with Crippen LogP contribution in [0.15, 0.2) is 42.6 Å². The number of nitrogens with zero attached hydrogens (tertiary/aromatic N) is 1. The summed E-state index contributed by atoms with van der Waals surface area (Å²) in [6.07, 6.45) is 1.70. The number of aromatic amines is 1. The Morgan fingerprint density at radius 1 is 1.23 bits per heavy atom. The molecule has 0 saturated carbocycles. The highest BCUT2D eigenvalue weighted by atomic mass is 16.5. The third-order valence-corrected chi connectivity index (χ3v) is 3.55. The van der Waals surface area contributed by atoms with Crippen molar-refractivity contribution in [3.63, 3.8) is 0 Å². The molecule has 2 aromatic heterocycles. The van der Waals surface area contributed by atoms with Crippen LogP contribution in [0.2, 0.25) is 0 Å². The molecule has 2 heterocycles. The molecule has 0 bridgehead atoms. The van der Waals surface area contributed by atoms with Crippen molar-refractivity contribution in [2.24, 2.45) is 0 Å². The second-order valence-electron chi connectivity index (χ2n) is 5.05. The Labute approximate surface area is 128 Å². The summed E-state index contributed by atoms with van der Waals surface area (Å²) in [5, 5.41) is 4.12. The number of nitrogens with one attached hydrogen (secondary N) is 2. The minimum Gasteiger partial charge on any atom is -0.497 e. The number of ketones is 1. The normalized spacial score (nSPS) is 10.6. The van der Waals surface area contributed by atoms with Crippen molar-refractivity contribution in [1.82, 2.24) is 9.97 Å². The minimum atomic E-state index is 0.0343. The van der Waals surface area contributed by atoms with Crippen LogP contribution in [0.3, 0.4) is 0 Å². The zero-order valence-electron chi connectivity index (χ0n) is 12.5. The van der Waals surface area contributed by atoms with E-state index >= 15 is 0 Å². The summed E-state index contributed by atoms with van der Waals surface area (Å²) >= 11 is 0. The first-order chi connectivity index (χ1) is 10.7. The van der Waals surface area contributed by atoms with Gasteiger partial charge in [0.15, 0.2) is 5.78 Å². The lowest BCUT2D eigenvalue weighted by Crippen LogP contribution is -2.01. The molecular formula is C17H17N3O2. The Morgan fingerprint density at radius 2 is 2.00 bits per heavy atom. The Kier molecular flexibility index (Phi) is 3.78. The molecule has 5 heteroatoms. The molecule has 5 nitrogen and oxygen atoms in total. The summed E-state index contributed by atoms with van der Waals surface area (Å²) in [4.78, 5) is 19.0. The molecule has 0 fully saturated rings. The van der Waals surface area contributed by atoms with Gasteiger partial charge in [-0.2, -0.15) is 0 Å². The molecule has 0 saturated heterocycles. The van der Waals surface area contributed by atoms with Gasteiger partial charge < -0.3 is 15.0 Å². The van der Waals surface area contributed by atoms with E-state index in [0.29, 0.717) is 17.8 Å². The fraction of sp³-hybridized carbons (Fsp3) is 0.176. The molecule has 0 amide bonds. The zero-order chi connectivity index (χ0) is 15.5. The quantitative estimate of drug-likeness (QED) is 0.708. The summed E-state index contributed by atoms with van der Waals surface area (Å²) < 4.78 is 5.14. The van der Waals surface area contributed by atoms with Crippen LogP contribution in [-0.4, -0.2) is 22.9 Å². The van der Waals surface area contributed by atoms with Crippen LogP contribution in [-0.2, 0) is 6.54 Å². The number of methoxy groups -OCH3 is 1. The standard InChI is InChI=1S/C17H17N3O2/c1-11(21)15-10-19-17-14(15)7-8-16(20-17)18-9-12-3-5-13(22-2)6-4-12/h3-8,10H,9H2,1-2H3,(H2,18,19,20). The molecule has 0 atom stereocenters. The van der Waals surface area contributed by atoms with Gasteiger partial charge >= 0.3 is 0 Å². The van der Waals surface area contributed by atoms with E-state index < -0.39 is 0 Å². The van der Waals surface area contributed by atoms with Gasteiger partial charge in [-0.15, -0.1) is 0 Å². The first kappa shape index (κ1) is 14.1. The predicted molar refractivity (Wildman–Crippen MR) is 86.4 cm³/mol. The summed E-state index contributed by atoms with van der Waals surface area (Å²) in [5.41, 5.74) is 2.52. The van der Waals surface area contributed by atoms with Crippen molar-refractivity contribution >= 4 is 22.6 Å². The number of carbonyl (C=O) groups is 1. The van der Waals surface area contributed by atoms with Crippen LogP contribution < -0.4 is 10.1 Å². The van der Waals surface area contributed by atoms with Crippen molar-refractivity contribution in [3.8, 4) is 5.75 Å². The number of carbonyl (C=O) groups excluding carboxylic acids is 1. The van der Waals surface area contributed by atoms with Gasteiger partial charge in [0.1, 0.15) is 17.2 Å². The maximum absolute atomic E-state index is 11.5. The van der Waals surface area contributed by atoms with Crippen LogP contribution in [0, 0.1) is 0 Å². The van der Waals surface area contributed by atoms with Crippen LogP contribution in [0.4, 0.5) is 5.82 Å². The van der Waals surface area contributed by atoms with Gasteiger partial charge in [-0.05, 0) is 36.8 Å². The van der Waals surface area contributed by atoms with Crippen molar-refractivity contribution < 1.29 is 9.53 Å². The van der Waals surface area contributed by atoms with Crippen LogP contribution in [0.5, 0.6) is 5.75 Å². The van der Waals surface area contributed by atoms with Crippen LogP contribution >= 0.6 is 0 Å². The smallest absolute Gasteiger partial charge is 0.162 e. The van der Waals surface area contributed by atoms with E-state index in [1.54, 1.807) is 20.2 Å². The van der Waals surface area contributed by atoms with E-state index in [4.69, 9.17) is 4.74 Å². The molecule has 0 radical (unpaired) electrons. The molecule has 0 aliphatic rings. The van der Waals surface area contributed by atoms with Crippen molar-refractivity contribution in [1.29, 1.82) is 0 Å². The Hall–Kier alpha value is -2.82. The Morgan fingerprint density at radius 3 is 2.68 bits per heavy atom. The fourth-order valence-electron chi connectivity index (χ4n) is 2.33. The summed E-state index contributed by atoms with van der Waals surface area (Å²) in [5.74, 6) is 1.64. The predicted octanol–water partition coefficient (Wildman–Crippen LogP) is 3.39. The Balaban J connectivity index is 1.75. The highest BCUT2D eigenvalue weighted by Gasteiger charge is 2.09. The largest absolute Gasteiger partial charge is 0.497 e. The number of hydrogen-bond acceptors (Lipinski definition) is 4. The van der Waals surface area contributed by atoms with E-state index in [2.05, 4.69) is 15.3 Å². The molecule has 0 aliphatic carbocycles. The van der Waals surface area contributed by atoms with Gasteiger partial charge in [0, 0.05) is 23.7 Å². The Bertz CT molecular complexity index is 806. The zero-order valence-corrected chi connectivity index (χ0v) is 12.5. The first-order valence-electron chi connectivity index (χ1n) is 7.03. The third-order valence-electron chi connectivity index (χ3n) is 3.55. The van der Waals surface area contributed by atoms with E-state index in [1.807, 2.05) is 36.4 Å². The number of Topliss-reactive ketones (excluding diaryl/α,β-unsaturated/α-hetero) is 1. The molecule has 1 aromatic carbocycles. The highest BCUT2D eigenvalue weighted by Crippen LogP contribution is 2.20. The molecule has 3 aromatic rings. The van der Waals surface area contributed by atoms with E-state index in [0.717, 1.165) is 22.5 Å². The lowest BCUT2D eigenvalue weighted by molar-refractivity contribution is 0.101. The van der Waals surface area contributed by atoms with Crippen molar-refractivity contribution in [2.45, 2.75) is 13.5 Å². The van der Waals surface area contributed by atoms with Gasteiger partial charge in [0.2, 0.25) is 0 Å².